The number of nitrogens with one attached hydrogen (secondary N) is 1. The molecule has 2 aromatic rings. The molecule has 0 spiro atoms. The van der Waals surface area contributed by atoms with Gasteiger partial charge in [-0.15, -0.1) is 0 Å². The molecule has 0 radical (unpaired) electrons. The number of carbonyl (C=O) groups excluding carboxylic acids is 2. The molecular formula is C23H25NO4. The molecule has 1 aliphatic carbocycles. The molecular weight excluding hydrogens is 354 g/mol. The van der Waals surface area contributed by atoms with Crippen LogP contribution in [0.15, 0.2) is 36.4 Å². The molecule has 4 rings (SSSR count). The summed E-state index contributed by atoms with van der Waals surface area (Å²) >= 11 is 0. The first-order valence-electron chi connectivity index (χ1n) is 9.66. The smallest absolute Gasteiger partial charge is 0.250 e. The summed E-state index contributed by atoms with van der Waals surface area (Å²) in [5.74, 6) is -0.0220. The fraction of sp³-hybridized carbons (Fsp3) is 0.391. The maximum atomic E-state index is 13.4. The van der Waals surface area contributed by atoms with Crippen molar-refractivity contribution < 1.29 is 19.4 Å². The lowest BCUT2D eigenvalue weighted by atomic mass is 9.81. The summed E-state index contributed by atoms with van der Waals surface area (Å²) in [6.45, 7) is 9.58. The Morgan fingerprint density at radius 2 is 1.75 bits per heavy atom. The Kier molecular flexibility index (Phi) is 3.95. The van der Waals surface area contributed by atoms with Gasteiger partial charge in [0.15, 0.2) is 0 Å². The highest BCUT2D eigenvalue weighted by molar-refractivity contribution is 6.10. The predicted molar refractivity (Wildman–Crippen MR) is 105 cm³/mol. The molecule has 0 saturated heterocycles. The SMILES string of the molecule is CC(=O)NC12Oc3c(C(C)C)cc(C(C)C)cc3C1(O)C(=O)c1ccccc12. The van der Waals surface area contributed by atoms with Crippen molar-refractivity contribution in [3.63, 3.8) is 0 Å². The number of fused-ring (bicyclic) bond motifs is 5. The molecule has 28 heavy (non-hydrogen) atoms. The van der Waals surface area contributed by atoms with E-state index in [2.05, 4.69) is 25.2 Å². The summed E-state index contributed by atoms with van der Waals surface area (Å²) in [6, 6.07) is 10.8. The van der Waals surface area contributed by atoms with E-state index >= 15 is 0 Å². The maximum absolute atomic E-state index is 13.4. The van der Waals surface area contributed by atoms with Crippen LogP contribution < -0.4 is 10.1 Å². The largest absolute Gasteiger partial charge is 0.459 e. The fourth-order valence-corrected chi connectivity index (χ4v) is 4.38. The van der Waals surface area contributed by atoms with Crippen LogP contribution in [0.5, 0.6) is 5.75 Å². The lowest BCUT2D eigenvalue weighted by Gasteiger charge is -2.34. The number of carbonyl (C=O) groups is 2. The van der Waals surface area contributed by atoms with E-state index in [4.69, 9.17) is 4.74 Å². The molecule has 0 saturated carbocycles. The van der Waals surface area contributed by atoms with Gasteiger partial charge in [-0.1, -0.05) is 58.0 Å². The van der Waals surface area contributed by atoms with Gasteiger partial charge in [0.1, 0.15) is 5.75 Å². The summed E-state index contributed by atoms with van der Waals surface area (Å²) < 4.78 is 6.35. The number of benzene rings is 2. The van der Waals surface area contributed by atoms with Crippen molar-refractivity contribution in [2.24, 2.45) is 0 Å². The number of aliphatic hydroxyl groups is 1. The molecule has 2 unspecified atom stereocenters. The fourth-order valence-electron chi connectivity index (χ4n) is 4.38. The number of ether oxygens (including phenoxy) is 1. The Bertz CT molecular complexity index is 1010. The minimum Gasteiger partial charge on any atom is -0.459 e. The molecule has 5 heteroatoms. The van der Waals surface area contributed by atoms with Crippen molar-refractivity contribution in [2.45, 2.75) is 57.8 Å². The molecule has 1 aliphatic heterocycles. The Labute approximate surface area is 164 Å². The molecule has 0 aromatic heterocycles. The molecule has 0 bridgehead atoms. The number of rotatable bonds is 3. The van der Waals surface area contributed by atoms with E-state index in [9.17, 15) is 14.7 Å². The van der Waals surface area contributed by atoms with Crippen LogP contribution >= 0.6 is 0 Å². The van der Waals surface area contributed by atoms with Crippen LogP contribution in [-0.2, 0) is 16.1 Å². The van der Waals surface area contributed by atoms with E-state index in [1.165, 1.54) is 6.92 Å². The van der Waals surface area contributed by atoms with Crippen molar-refractivity contribution in [3.05, 3.63) is 64.2 Å². The second kappa shape index (κ2) is 5.92. The summed E-state index contributed by atoms with van der Waals surface area (Å²) in [5.41, 5.74) is -0.460. The van der Waals surface area contributed by atoms with Crippen LogP contribution in [0.2, 0.25) is 0 Å². The number of hydrogen-bond acceptors (Lipinski definition) is 4. The van der Waals surface area contributed by atoms with Gasteiger partial charge in [0, 0.05) is 23.6 Å². The second-order valence-electron chi connectivity index (χ2n) is 8.35. The van der Waals surface area contributed by atoms with Gasteiger partial charge in [-0.05, 0) is 29.0 Å². The quantitative estimate of drug-likeness (QED) is 0.853. The molecule has 1 amide bonds. The molecule has 5 nitrogen and oxygen atoms in total. The van der Waals surface area contributed by atoms with E-state index in [1.54, 1.807) is 24.3 Å². The van der Waals surface area contributed by atoms with Crippen LogP contribution in [-0.4, -0.2) is 16.8 Å². The lowest BCUT2D eigenvalue weighted by molar-refractivity contribution is -0.140. The summed E-state index contributed by atoms with van der Waals surface area (Å²) in [6.07, 6.45) is 0. The first kappa shape index (κ1) is 18.7. The number of ketones is 1. The highest BCUT2D eigenvalue weighted by Gasteiger charge is 2.71. The van der Waals surface area contributed by atoms with Gasteiger partial charge in [-0.3, -0.25) is 9.59 Å². The molecule has 2 aliphatic rings. The third kappa shape index (κ3) is 2.17. The number of hydrogen-bond donors (Lipinski definition) is 2. The van der Waals surface area contributed by atoms with Crippen molar-refractivity contribution in [3.8, 4) is 5.75 Å². The van der Waals surface area contributed by atoms with Gasteiger partial charge < -0.3 is 15.2 Å². The van der Waals surface area contributed by atoms with Gasteiger partial charge in [0.2, 0.25) is 17.3 Å². The average Bonchev–Trinajstić information content (AvgIpc) is 2.98. The van der Waals surface area contributed by atoms with Crippen molar-refractivity contribution in [2.75, 3.05) is 0 Å². The highest BCUT2D eigenvalue weighted by atomic mass is 16.5. The van der Waals surface area contributed by atoms with Gasteiger partial charge >= 0.3 is 0 Å². The van der Waals surface area contributed by atoms with Crippen molar-refractivity contribution in [1.29, 1.82) is 0 Å². The Balaban J connectivity index is 2.07. The molecule has 1 heterocycles. The first-order chi connectivity index (χ1) is 13.1. The van der Waals surface area contributed by atoms with Gasteiger partial charge in [0.05, 0.1) is 0 Å². The van der Waals surface area contributed by atoms with E-state index in [1.807, 2.05) is 19.9 Å². The zero-order chi connectivity index (χ0) is 20.4. The Morgan fingerprint density at radius 3 is 2.36 bits per heavy atom. The summed E-state index contributed by atoms with van der Waals surface area (Å²) in [7, 11) is 0. The minimum absolute atomic E-state index is 0.120. The Morgan fingerprint density at radius 1 is 1.07 bits per heavy atom. The van der Waals surface area contributed by atoms with E-state index in [0.29, 0.717) is 22.4 Å². The van der Waals surface area contributed by atoms with Gasteiger partial charge in [-0.2, -0.15) is 0 Å². The maximum Gasteiger partial charge on any atom is 0.250 e. The third-order valence-corrected chi connectivity index (χ3v) is 5.81. The Hall–Kier alpha value is -2.66. The van der Waals surface area contributed by atoms with Crippen LogP contribution in [0.3, 0.4) is 0 Å². The van der Waals surface area contributed by atoms with Crippen LogP contribution in [0.25, 0.3) is 0 Å². The molecule has 2 N–H and O–H groups in total. The molecule has 0 fully saturated rings. The van der Waals surface area contributed by atoms with Crippen LogP contribution in [0.1, 0.15) is 79.1 Å². The topological polar surface area (TPSA) is 75.6 Å². The standard InChI is InChI=1S/C23H25NO4/c1-12(2)15-10-17(13(3)4)20-19(11-15)22(27)21(26)16-8-6-7-9-18(16)23(22,28-20)24-14(5)25/h6-13,27H,1-5H3,(H,24,25). The van der Waals surface area contributed by atoms with Crippen molar-refractivity contribution >= 4 is 11.7 Å². The van der Waals surface area contributed by atoms with E-state index in [0.717, 1.165) is 11.1 Å². The monoisotopic (exact) mass is 379 g/mol. The van der Waals surface area contributed by atoms with Crippen molar-refractivity contribution in [1.82, 2.24) is 5.32 Å². The van der Waals surface area contributed by atoms with E-state index in [-0.39, 0.29) is 17.7 Å². The average molecular weight is 379 g/mol. The van der Waals surface area contributed by atoms with Crippen LogP contribution in [0.4, 0.5) is 0 Å². The normalized spacial score (nSPS) is 24.8. The van der Waals surface area contributed by atoms with Crippen LogP contribution in [0, 0.1) is 0 Å². The second-order valence-corrected chi connectivity index (χ2v) is 8.35. The number of amides is 1. The highest BCUT2D eigenvalue weighted by Crippen LogP contribution is 2.59. The number of Topliss-reactive ketones (excluding diaryl/α,β-unsaturated/α-hetero) is 1. The van der Waals surface area contributed by atoms with Gasteiger partial charge in [-0.25, -0.2) is 0 Å². The zero-order valence-corrected chi connectivity index (χ0v) is 16.8. The minimum atomic E-state index is -2.01. The van der Waals surface area contributed by atoms with E-state index < -0.39 is 17.1 Å². The third-order valence-electron chi connectivity index (χ3n) is 5.81. The van der Waals surface area contributed by atoms with Gasteiger partial charge in [0.25, 0.3) is 5.72 Å². The predicted octanol–water partition coefficient (Wildman–Crippen LogP) is 3.70. The lowest BCUT2D eigenvalue weighted by Crippen LogP contribution is -2.59. The molecule has 2 aromatic carbocycles. The molecule has 146 valence electrons. The summed E-state index contributed by atoms with van der Waals surface area (Å²) in [5, 5.41) is 14.7. The first-order valence-corrected chi connectivity index (χ1v) is 9.66. The zero-order valence-electron chi connectivity index (χ0n) is 16.8. The molecule has 2 atom stereocenters. The summed E-state index contributed by atoms with van der Waals surface area (Å²) in [4.78, 5) is 25.6.